The summed E-state index contributed by atoms with van der Waals surface area (Å²) in [5.41, 5.74) is 1.71. The summed E-state index contributed by atoms with van der Waals surface area (Å²) in [4.78, 5) is 34.9. The molecule has 6 nitrogen and oxygen atoms in total. The Bertz CT molecular complexity index is 824. The fourth-order valence-corrected chi connectivity index (χ4v) is 4.05. The quantitative estimate of drug-likeness (QED) is 0.353. The number of carbonyl (C=O) groups is 2. The lowest BCUT2D eigenvalue weighted by Crippen LogP contribution is -2.27. The molecule has 0 aliphatic carbocycles. The highest BCUT2D eigenvalue weighted by molar-refractivity contribution is 7.38. The van der Waals surface area contributed by atoms with Gasteiger partial charge in [0.25, 0.3) is 0 Å². The van der Waals surface area contributed by atoms with Crippen LogP contribution >= 0.6 is 8.03 Å². The van der Waals surface area contributed by atoms with Gasteiger partial charge in [-0.15, -0.1) is 0 Å². The van der Waals surface area contributed by atoms with Crippen LogP contribution in [0.25, 0.3) is 0 Å². The Morgan fingerprint density at radius 3 is 1.81 bits per heavy atom. The Labute approximate surface area is 184 Å². The van der Waals surface area contributed by atoms with Crippen molar-refractivity contribution in [3.8, 4) is 0 Å². The minimum atomic E-state index is -2.91. The van der Waals surface area contributed by atoms with E-state index in [2.05, 4.69) is 0 Å². The van der Waals surface area contributed by atoms with Gasteiger partial charge in [0.05, 0.1) is 11.8 Å². The Hall–Kier alpha value is -2.43. The lowest BCUT2D eigenvalue weighted by molar-refractivity contribution is -0.154. The monoisotopic (exact) mass is 446 g/mol. The van der Waals surface area contributed by atoms with Gasteiger partial charge in [-0.05, 0) is 24.0 Å². The first-order valence-corrected chi connectivity index (χ1v) is 12.2. The maximum atomic E-state index is 12.7. The molecule has 0 aromatic heterocycles. The third kappa shape index (κ3) is 9.50. The minimum Gasteiger partial charge on any atom is -0.461 e. The number of rotatable bonds is 13. The zero-order chi connectivity index (χ0) is 22.5. The lowest BCUT2D eigenvalue weighted by Gasteiger charge is -2.21. The normalized spacial score (nSPS) is 13.7. The molecule has 3 unspecified atom stereocenters. The number of carbonyl (C=O) groups excluding carboxylic acids is 2. The lowest BCUT2D eigenvalue weighted by atomic mass is 9.91. The van der Waals surface area contributed by atoms with E-state index in [0.29, 0.717) is 6.42 Å². The fraction of sp³-hybridized carbons (Fsp3) is 0.417. The maximum Gasteiger partial charge on any atom is 0.309 e. The van der Waals surface area contributed by atoms with Crippen LogP contribution in [-0.2, 0) is 36.8 Å². The molecule has 2 aromatic carbocycles. The number of benzene rings is 2. The zero-order valence-corrected chi connectivity index (χ0v) is 18.9. The van der Waals surface area contributed by atoms with Crippen LogP contribution in [0.4, 0.5) is 0 Å². The highest BCUT2D eigenvalue weighted by atomic mass is 31.1. The largest absolute Gasteiger partial charge is 0.461 e. The Morgan fingerprint density at radius 1 is 0.871 bits per heavy atom. The van der Waals surface area contributed by atoms with Crippen LogP contribution in [-0.4, -0.2) is 23.0 Å². The Balaban J connectivity index is 2.01. The van der Waals surface area contributed by atoms with Crippen LogP contribution in [0.15, 0.2) is 60.7 Å². The minimum absolute atomic E-state index is 0.0839. The smallest absolute Gasteiger partial charge is 0.309 e. The number of hydrogen-bond acceptors (Lipinski definition) is 5. The van der Waals surface area contributed by atoms with E-state index in [1.807, 2.05) is 67.6 Å². The summed E-state index contributed by atoms with van der Waals surface area (Å²) in [6.07, 6.45) is 2.18. The number of esters is 2. The molecule has 0 aliphatic rings. The van der Waals surface area contributed by atoms with E-state index in [1.165, 1.54) is 0 Å². The van der Waals surface area contributed by atoms with Crippen molar-refractivity contribution in [1.29, 1.82) is 0 Å². The molecule has 0 saturated carbocycles. The predicted octanol–water partition coefficient (Wildman–Crippen LogP) is 4.75. The van der Waals surface area contributed by atoms with Gasteiger partial charge in [-0.25, -0.2) is 0 Å². The first kappa shape index (κ1) is 24.8. The first-order chi connectivity index (χ1) is 15.0. The van der Waals surface area contributed by atoms with Gasteiger partial charge in [-0.1, -0.05) is 80.4 Å². The molecule has 168 valence electrons. The summed E-state index contributed by atoms with van der Waals surface area (Å²) in [6, 6.07) is 18.6. The molecule has 0 aliphatic heterocycles. The maximum absolute atomic E-state index is 12.7. The van der Waals surface area contributed by atoms with Crippen molar-refractivity contribution in [3.05, 3.63) is 71.8 Å². The van der Waals surface area contributed by atoms with Crippen LogP contribution in [0.5, 0.6) is 0 Å². The topological polar surface area (TPSA) is 89.9 Å². The van der Waals surface area contributed by atoms with Gasteiger partial charge in [0.2, 0.25) is 0 Å². The molecule has 3 atom stereocenters. The second kappa shape index (κ2) is 13.8. The molecule has 0 saturated heterocycles. The van der Waals surface area contributed by atoms with Crippen LogP contribution in [0.3, 0.4) is 0 Å². The van der Waals surface area contributed by atoms with Crippen molar-refractivity contribution in [2.45, 2.75) is 45.8 Å². The molecule has 0 bridgehead atoms. The number of hydrogen-bond donors (Lipinski definition) is 1. The summed E-state index contributed by atoms with van der Waals surface area (Å²) in [6.45, 7) is 2.26. The summed E-state index contributed by atoms with van der Waals surface area (Å²) in [5, 5.41) is 0. The summed E-state index contributed by atoms with van der Waals surface area (Å²) < 4.78 is 22.4. The van der Waals surface area contributed by atoms with Crippen LogP contribution < -0.4 is 0 Å². The van der Waals surface area contributed by atoms with Crippen molar-refractivity contribution in [1.82, 2.24) is 0 Å². The summed E-state index contributed by atoms with van der Waals surface area (Å²) in [7, 11) is -2.91. The van der Waals surface area contributed by atoms with Gasteiger partial charge < -0.3 is 14.4 Å². The van der Waals surface area contributed by atoms with E-state index >= 15 is 0 Å². The van der Waals surface area contributed by atoms with E-state index in [0.717, 1.165) is 24.0 Å². The standard InChI is InChI=1S/C24H31O6P/c1-2-3-14-21(23(25)29-16-19-10-6-4-7-11-19)15-22(18-31(27)28)24(26)30-17-20-12-8-5-9-13-20/h4-13,21-22,31H,2-3,14-18H2,1H3,(H,27,28). The fourth-order valence-electron chi connectivity index (χ4n) is 3.29. The van der Waals surface area contributed by atoms with Gasteiger partial charge in [0, 0.05) is 6.16 Å². The van der Waals surface area contributed by atoms with Crippen molar-refractivity contribution in [2.24, 2.45) is 11.8 Å². The Kier molecular flexibility index (Phi) is 11.0. The molecule has 7 heteroatoms. The second-order valence-corrected chi connectivity index (χ2v) is 8.75. The van der Waals surface area contributed by atoms with E-state index in [-0.39, 0.29) is 25.8 Å². The molecule has 2 aromatic rings. The van der Waals surface area contributed by atoms with Gasteiger partial charge >= 0.3 is 11.9 Å². The highest BCUT2D eigenvalue weighted by Crippen LogP contribution is 2.28. The molecule has 0 fully saturated rings. The molecular formula is C24H31O6P. The molecular weight excluding hydrogens is 415 g/mol. The molecule has 0 radical (unpaired) electrons. The molecule has 31 heavy (non-hydrogen) atoms. The van der Waals surface area contributed by atoms with Gasteiger partial charge in [-0.3, -0.25) is 14.2 Å². The van der Waals surface area contributed by atoms with Gasteiger partial charge in [0.15, 0.2) is 8.03 Å². The number of unbranched alkanes of at least 4 members (excludes halogenated alkanes) is 1. The average Bonchev–Trinajstić information content (AvgIpc) is 2.79. The summed E-state index contributed by atoms with van der Waals surface area (Å²) in [5.74, 6) is -2.31. The summed E-state index contributed by atoms with van der Waals surface area (Å²) >= 11 is 0. The van der Waals surface area contributed by atoms with E-state index in [4.69, 9.17) is 9.47 Å². The van der Waals surface area contributed by atoms with Crippen LogP contribution in [0.1, 0.15) is 43.7 Å². The SMILES string of the molecule is CCCCC(CC(C[PH](=O)O)C(=O)OCc1ccccc1)C(=O)OCc1ccccc1. The van der Waals surface area contributed by atoms with E-state index in [1.54, 1.807) is 0 Å². The highest BCUT2D eigenvalue weighted by Gasteiger charge is 2.30. The van der Waals surface area contributed by atoms with Crippen molar-refractivity contribution < 1.29 is 28.5 Å². The van der Waals surface area contributed by atoms with E-state index in [9.17, 15) is 19.0 Å². The molecule has 0 heterocycles. The van der Waals surface area contributed by atoms with Crippen LogP contribution in [0.2, 0.25) is 0 Å². The molecule has 2 rings (SSSR count). The molecule has 1 N–H and O–H groups in total. The second-order valence-electron chi connectivity index (χ2n) is 7.56. The third-order valence-electron chi connectivity index (χ3n) is 5.01. The predicted molar refractivity (Wildman–Crippen MR) is 120 cm³/mol. The zero-order valence-electron chi connectivity index (χ0n) is 17.9. The van der Waals surface area contributed by atoms with Crippen molar-refractivity contribution in [2.75, 3.05) is 6.16 Å². The molecule has 0 amide bonds. The molecule has 0 spiro atoms. The van der Waals surface area contributed by atoms with Gasteiger partial charge in [-0.2, -0.15) is 0 Å². The van der Waals surface area contributed by atoms with E-state index < -0.39 is 31.8 Å². The third-order valence-corrected chi connectivity index (χ3v) is 5.85. The van der Waals surface area contributed by atoms with Crippen LogP contribution in [0, 0.1) is 11.8 Å². The number of ether oxygens (including phenoxy) is 2. The van der Waals surface area contributed by atoms with Crippen molar-refractivity contribution in [3.63, 3.8) is 0 Å². The van der Waals surface area contributed by atoms with Crippen molar-refractivity contribution >= 4 is 20.0 Å². The van der Waals surface area contributed by atoms with Gasteiger partial charge in [0.1, 0.15) is 13.2 Å². The first-order valence-electron chi connectivity index (χ1n) is 10.6. The average molecular weight is 446 g/mol. The Morgan fingerprint density at radius 2 is 1.35 bits per heavy atom.